The van der Waals surface area contributed by atoms with Gasteiger partial charge in [0.05, 0.1) is 23.4 Å². The SMILES string of the molecule is COC(=O)CCCN(C)C(=O)c1ccc(C#CCN)s1. The molecule has 0 bridgehead atoms. The quantitative estimate of drug-likeness (QED) is 0.651. The number of nitrogens with two attached hydrogens (primary N) is 1. The Labute approximate surface area is 122 Å². The molecule has 0 saturated carbocycles. The maximum Gasteiger partial charge on any atom is 0.305 e. The first-order valence-corrected chi connectivity index (χ1v) is 7.01. The maximum absolute atomic E-state index is 12.1. The van der Waals surface area contributed by atoms with Gasteiger partial charge >= 0.3 is 5.97 Å². The normalized spacial score (nSPS) is 9.55. The maximum atomic E-state index is 12.1. The summed E-state index contributed by atoms with van der Waals surface area (Å²) < 4.78 is 4.55. The van der Waals surface area contributed by atoms with Gasteiger partial charge in [-0.3, -0.25) is 9.59 Å². The van der Waals surface area contributed by atoms with Gasteiger partial charge in [-0.15, -0.1) is 11.3 Å². The van der Waals surface area contributed by atoms with Gasteiger partial charge in [-0.05, 0) is 18.6 Å². The number of esters is 1. The van der Waals surface area contributed by atoms with E-state index in [9.17, 15) is 9.59 Å². The summed E-state index contributed by atoms with van der Waals surface area (Å²) in [5.41, 5.74) is 5.30. The van der Waals surface area contributed by atoms with E-state index in [1.54, 1.807) is 18.0 Å². The van der Waals surface area contributed by atoms with Gasteiger partial charge in [0.25, 0.3) is 5.91 Å². The monoisotopic (exact) mass is 294 g/mol. The fourth-order valence-electron chi connectivity index (χ4n) is 1.51. The van der Waals surface area contributed by atoms with E-state index >= 15 is 0 Å². The van der Waals surface area contributed by atoms with Gasteiger partial charge in [0.15, 0.2) is 0 Å². The highest BCUT2D eigenvalue weighted by molar-refractivity contribution is 7.14. The summed E-state index contributed by atoms with van der Waals surface area (Å²) >= 11 is 1.34. The van der Waals surface area contributed by atoms with Crippen molar-refractivity contribution >= 4 is 23.2 Å². The zero-order valence-corrected chi connectivity index (χ0v) is 12.5. The van der Waals surface area contributed by atoms with Gasteiger partial charge in [-0.2, -0.15) is 0 Å². The van der Waals surface area contributed by atoms with Crippen LogP contribution in [0.25, 0.3) is 0 Å². The summed E-state index contributed by atoms with van der Waals surface area (Å²) in [7, 11) is 3.07. The van der Waals surface area contributed by atoms with Crippen LogP contribution in [-0.4, -0.2) is 44.0 Å². The van der Waals surface area contributed by atoms with Crippen LogP contribution < -0.4 is 5.73 Å². The Balaban J connectivity index is 2.52. The van der Waals surface area contributed by atoms with Crippen LogP contribution in [0.2, 0.25) is 0 Å². The summed E-state index contributed by atoms with van der Waals surface area (Å²) in [5, 5.41) is 0. The van der Waals surface area contributed by atoms with Gasteiger partial charge in [0.1, 0.15) is 0 Å². The number of carbonyl (C=O) groups excluding carboxylic acids is 2. The molecular formula is C14H18N2O3S. The first kappa shape index (κ1) is 16.2. The number of carbonyl (C=O) groups is 2. The van der Waals surface area contributed by atoms with Crippen LogP contribution in [-0.2, 0) is 9.53 Å². The van der Waals surface area contributed by atoms with Gasteiger partial charge in [-0.25, -0.2) is 0 Å². The summed E-state index contributed by atoms with van der Waals surface area (Å²) in [6.45, 7) is 0.810. The van der Waals surface area contributed by atoms with Crippen molar-refractivity contribution in [2.24, 2.45) is 5.73 Å². The molecule has 0 aromatic carbocycles. The lowest BCUT2D eigenvalue weighted by atomic mass is 10.3. The lowest BCUT2D eigenvalue weighted by Gasteiger charge is -2.15. The predicted molar refractivity (Wildman–Crippen MR) is 78.5 cm³/mol. The van der Waals surface area contributed by atoms with E-state index in [1.165, 1.54) is 18.4 Å². The van der Waals surface area contributed by atoms with Gasteiger partial charge in [-0.1, -0.05) is 11.8 Å². The number of hydrogen-bond acceptors (Lipinski definition) is 5. The Morgan fingerprint density at radius 2 is 2.20 bits per heavy atom. The fourth-order valence-corrected chi connectivity index (χ4v) is 2.39. The molecule has 1 aromatic rings. The molecule has 1 rings (SSSR count). The molecule has 0 aliphatic carbocycles. The Morgan fingerprint density at radius 3 is 2.85 bits per heavy atom. The topological polar surface area (TPSA) is 72.6 Å². The third-order valence-electron chi connectivity index (χ3n) is 2.58. The van der Waals surface area contributed by atoms with Gasteiger partial charge in [0.2, 0.25) is 0 Å². The van der Waals surface area contributed by atoms with E-state index in [1.807, 2.05) is 6.07 Å². The van der Waals surface area contributed by atoms with E-state index in [2.05, 4.69) is 16.6 Å². The van der Waals surface area contributed by atoms with Crippen LogP contribution >= 0.6 is 11.3 Å². The first-order valence-electron chi connectivity index (χ1n) is 6.19. The lowest BCUT2D eigenvalue weighted by molar-refractivity contribution is -0.140. The van der Waals surface area contributed by atoms with E-state index in [0.717, 1.165) is 4.88 Å². The minimum absolute atomic E-state index is 0.0688. The van der Waals surface area contributed by atoms with Crippen molar-refractivity contribution in [3.63, 3.8) is 0 Å². The predicted octanol–water partition coefficient (Wildman–Crippen LogP) is 1.08. The molecule has 0 aliphatic rings. The molecule has 108 valence electrons. The van der Waals surface area contributed by atoms with Crippen molar-refractivity contribution in [1.82, 2.24) is 4.90 Å². The number of rotatable bonds is 5. The minimum atomic E-state index is -0.263. The molecular weight excluding hydrogens is 276 g/mol. The Hall–Kier alpha value is -1.84. The highest BCUT2D eigenvalue weighted by Gasteiger charge is 2.14. The molecule has 2 N–H and O–H groups in total. The first-order chi connectivity index (χ1) is 9.58. The van der Waals surface area contributed by atoms with E-state index in [4.69, 9.17) is 5.73 Å². The van der Waals surface area contributed by atoms with E-state index < -0.39 is 0 Å². The Morgan fingerprint density at radius 1 is 1.45 bits per heavy atom. The molecule has 0 aliphatic heterocycles. The van der Waals surface area contributed by atoms with Crippen molar-refractivity contribution in [2.45, 2.75) is 12.8 Å². The number of methoxy groups -OCH3 is 1. The van der Waals surface area contributed by atoms with Crippen LogP contribution in [0.5, 0.6) is 0 Å². The molecule has 0 unspecified atom stereocenters. The van der Waals surface area contributed by atoms with E-state index in [0.29, 0.717) is 30.8 Å². The number of nitrogens with zero attached hydrogens (tertiary/aromatic N) is 1. The fraction of sp³-hybridized carbons (Fsp3) is 0.429. The van der Waals surface area contributed by atoms with Crippen molar-refractivity contribution in [1.29, 1.82) is 0 Å². The molecule has 1 aromatic heterocycles. The van der Waals surface area contributed by atoms with Crippen molar-refractivity contribution in [3.05, 3.63) is 21.9 Å². The van der Waals surface area contributed by atoms with Crippen molar-refractivity contribution in [3.8, 4) is 11.8 Å². The molecule has 20 heavy (non-hydrogen) atoms. The Kier molecular flexibility index (Phi) is 6.77. The lowest BCUT2D eigenvalue weighted by Crippen LogP contribution is -2.27. The van der Waals surface area contributed by atoms with Gasteiger partial charge < -0.3 is 15.4 Å². The second-order valence-corrected chi connectivity index (χ2v) is 5.16. The third kappa shape index (κ3) is 5.03. The zero-order valence-electron chi connectivity index (χ0n) is 11.6. The average Bonchev–Trinajstić information content (AvgIpc) is 2.92. The van der Waals surface area contributed by atoms with Crippen LogP contribution in [0.1, 0.15) is 27.4 Å². The average molecular weight is 294 g/mol. The second kappa shape index (κ2) is 8.35. The summed E-state index contributed by atoms with van der Waals surface area (Å²) in [4.78, 5) is 26.2. The number of ether oxygens (including phenoxy) is 1. The molecule has 0 radical (unpaired) electrons. The highest BCUT2D eigenvalue weighted by Crippen LogP contribution is 2.17. The highest BCUT2D eigenvalue weighted by atomic mass is 32.1. The van der Waals surface area contributed by atoms with Crippen molar-refractivity contribution < 1.29 is 14.3 Å². The molecule has 0 atom stereocenters. The van der Waals surface area contributed by atoms with Crippen LogP contribution in [0.4, 0.5) is 0 Å². The zero-order chi connectivity index (χ0) is 15.0. The largest absolute Gasteiger partial charge is 0.469 e. The number of amides is 1. The summed E-state index contributed by atoms with van der Waals surface area (Å²) in [6, 6.07) is 3.56. The smallest absolute Gasteiger partial charge is 0.305 e. The minimum Gasteiger partial charge on any atom is -0.469 e. The molecule has 0 spiro atoms. The van der Waals surface area contributed by atoms with Crippen LogP contribution in [0, 0.1) is 11.8 Å². The molecule has 0 fully saturated rings. The molecule has 1 amide bonds. The summed E-state index contributed by atoms with van der Waals surface area (Å²) in [5.74, 6) is 5.32. The Bertz CT molecular complexity index is 528. The molecule has 5 nitrogen and oxygen atoms in total. The number of thiophene rings is 1. The number of hydrogen-bond donors (Lipinski definition) is 1. The molecule has 6 heteroatoms. The molecule has 0 saturated heterocycles. The van der Waals surface area contributed by atoms with E-state index in [-0.39, 0.29) is 11.9 Å². The summed E-state index contributed by atoms with van der Waals surface area (Å²) in [6.07, 6.45) is 0.895. The second-order valence-electron chi connectivity index (χ2n) is 4.08. The standard InChI is InChI=1S/C14H18N2O3S/c1-16(10-4-6-13(17)19-2)14(18)12-8-7-11(20-12)5-3-9-15/h7-8H,4,6,9-10,15H2,1-2H3. The molecule has 1 heterocycles. The van der Waals surface area contributed by atoms with Crippen LogP contribution in [0.15, 0.2) is 12.1 Å². The van der Waals surface area contributed by atoms with Crippen molar-refractivity contribution in [2.75, 3.05) is 27.2 Å². The van der Waals surface area contributed by atoms with Crippen LogP contribution in [0.3, 0.4) is 0 Å². The third-order valence-corrected chi connectivity index (χ3v) is 3.57. The van der Waals surface area contributed by atoms with Gasteiger partial charge in [0, 0.05) is 20.0 Å².